The van der Waals surface area contributed by atoms with Crippen molar-refractivity contribution in [3.8, 4) is 0 Å². The SMILES string of the molecule is CC1=CC(C)[C@H](C=Nn2c(=O)[nH]c3c([nH]c4ccc(Br)cc43)c2=O)C(C)C1. The summed E-state index contributed by atoms with van der Waals surface area (Å²) in [7, 11) is 0. The molecule has 2 heterocycles. The number of fused-ring (bicyclic) bond motifs is 3. The maximum absolute atomic E-state index is 12.9. The highest BCUT2D eigenvalue weighted by molar-refractivity contribution is 9.10. The number of hydrogen-bond acceptors (Lipinski definition) is 3. The van der Waals surface area contributed by atoms with Gasteiger partial charge in [-0.25, -0.2) is 4.79 Å². The van der Waals surface area contributed by atoms with Gasteiger partial charge in [0.15, 0.2) is 0 Å². The lowest BCUT2D eigenvalue weighted by Crippen LogP contribution is -2.33. The molecule has 140 valence electrons. The quantitative estimate of drug-likeness (QED) is 0.477. The average Bonchev–Trinajstić information content (AvgIpc) is 2.94. The zero-order valence-corrected chi connectivity index (χ0v) is 17.0. The van der Waals surface area contributed by atoms with Crippen LogP contribution in [0.25, 0.3) is 21.9 Å². The Hall–Kier alpha value is -2.41. The summed E-state index contributed by atoms with van der Waals surface area (Å²) < 4.78 is 1.79. The molecule has 3 atom stereocenters. The molecule has 0 amide bonds. The number of nitrogens with zero attached hydrogens (tertiary/aromatic N) is 2. The molecule has 0 fully saturated rings. The summed E-state index contributed by atoms with van der Waals surface area (Å²) >= 11 is 3.42. The predicted octanol–water partition coefficient (Wildman–Crippen LogP) is 4.01. The van der Waals surface area contributed by atoms with Crippen molar-refractivity contribution >= 4 is 44.1 Å². The van der Waals surface area contributed by atoms with Gasteiger partial charge in [-0.2, -0.15) is 5.10 Å². The van der Waals surface area contributed by atoms with Gasteiger partial charge >= 0.3 is 11.2 Å². The van der Waals surface area contributed by atoms with Gasteiger partial charge in [-0.1, -0.05) is 41.4 Å². The highest BCUT2D eigenvalue weighted by atomic mass is 79.9. The first kappa shape index (κ1) is 18.0. The fraction of sp³-hybridized carbons (Fsp3) is 0.350. The molecule has 2 unspecified atom stereocenters. The third kappa shape index (κ3) is 3.10. The molecule has 7 heteroatoms. The molecule has 3 aromatic rings. The maximum Gasteiger partial charge on any atom is 0.350 e. The highest BCUT2D eigenvalue weighted by Crippen LogP contribution is 2.32. The standard InChI is InChI=1S/C20H21BrN4O2/c1-10-6-11(2)15(12(3)7-10)9-22-25-19(26)18-17(24-20(25)27)14-8-13(21)4-5-16(14)23-18/h4-6,8-9,11-12,15,23H,7H2,1-3H3,(H,24,27)/t11?,12?,15-/m0/s1. The molecular weight excluding hydrogens is 408 g/mol. The number of rotatable bonds is 2. The number of hydrogen-bond donors (Lipinski definition) is 2. The lowest BCUT2D eigenvalue weighted by Gasteiger charge is -2.29. The van der Waals surface area contributed by atoms with E-state index in [4.69, 9.17) is 0 Å². The Kier molecular flexibility index (Phi) is 4.42. The van der Waals surface area contributed by atoms with Gasteiger partial charge in [-0.05, 0) is 43.4 Å². The van der Waals surface area contributed by atoms with Gasteiger partial charge in [0.2, 0.25) is 0 Å². The fourth-order valence-corrected chi connectivity index (χ4v) is 4.49. The number of benzene rings is 1. The normalized spacial score (nSPS) is 23.4. The van der Waals surface area contributed by atoms with Gasteiger partial charge in [0.05, 0.1) is 5.52 Å². The predicted molar refractivity (Wildman–Crippen MR) is 112 cm³/mol. The Morgan fingerprint density at radius 2 is 2.00 bits per heavy atom. The van der Waals surface area contributed by atoms with Crippen LogP contribution in [-0.4, -0.2) is 20.9 Å². The van der Waals surface area contributed by atoms with Crippen LogP contribution in [0, 0.1) is 17.8 Å². The molecule has 0 saturated carbocycles. The van der Waals surface area contributed by atoms with E-state index in [1.54, 1.807) is 6.21 Å². The molecule has 1 aliphatic rings. The van der Waals surface area contributed by atoms with E-state index in [1.165, 1.54) is 5.57 Å². The summed E-state index contributed by atoms with van der Waals surface area (Å²) in [5, 5.41) is 5.06. The van der Waals surface area contributed by atoms with Crippen molar-refractivity contribution in [2.75, 3.05) is 0 Å². The smallest absolute Gasteiger partial charge is 0.349 e. The van der Waals surface area contributed by atoms with Gasteiger partial charge in [0, 0.05) is 27.5 Å². The van der Waals surface area contributed by atoms with Gasteiger partial charge in [-0.3, -0.25) is 4.79 Å². The van der Waals surface area contributed by atoms with Crippen LogP contribution >= 0.6 is 15.9 Å². The van der Waals surface area contributed by atoms with Crippen molar-refractivity contribution in [3.63, 3.8) is 0 Å². The van der Waals surface area contributed by atoms with Crippen LogP contribution in [0.1, 0.15) is 27.2 Å². The second-order valence-electron chi connectivity index (χ2n) is 7.51. The van der Waals surface area contributed by atoms with Crippen LogP contribution in [0.5, 0.6) is 0 Å². The van der Waals surface area contributed by atoms with E-state index in [0.717, 1.165) is 26.5 Å². The second kappa shape index (κ2) is 6.64. The number of aromatic nitrogens is 3. The molecule has 1 aliphatic carbocycles. The van der Waals surface area contributed by atoms with E-state index in [2.05, 4.69) is 57.8 Å². The first-order chi connectivity index (χ1) is 12.8. The van der Waals surface area contributed by atoms with E-state index < -0.39 is 11.2 Å². The Morgan fingerprint density at radius 3 is 2.74 bits per heavy atom. The molecule has 2 N–H and O–H groups in total. The number of nitrogens with one attached hydrogen (secondary N) is 2. The molecular formula is C20H21BrN4O2. The molecule has 1 aromatic carbocycles. The number of allylic oxidation sites excluding steroid dienone is 2. The lowest BCUT2D eigenvalue weighted by atomic mass is 9.76. The Bertz CT molecular complexity index is 1210. The van der Waals surface area contributed by atoms with Crippen molar-refractivity contribution in [3.05, 3.63) is 55.2 Å². The fourth-order valence-electron chi connectivity index (χ4n) is 4.13. The van der Waals surface area contributed by atoms with Crippen LogP contribution in [0.4, 0.5) is 0 Å². The van der Waals surface area contributed by atoms with Crippen LogP contribution < -0.4 is 11.2 Å². The Morgan fingerprint density at radius 1 is 1.22 bits per heavy atom. The summed E-state index contributed by atoms with van der Waals surface area (Å²) in [6.45, 7) is 6.45. The van der Waals surface area contributed by atoms with Crippen molar-refractivity contribution in [2.45, 2.75) is 27.2 Å². The monoisotopic (exact) mass is 428 g/mol. The minimum Gasteiger partial charge on any atom is -0.349 e. The number of halogens is 1. The maximum atomic E-state index is 12.9. The zero-order valence-electron chi connectivity index (χ0n) is 15.4. The molecule has 27 heavy (non-hydrogen) atoms. The largest absolute Gasteiger partial charge is 0.350 e. The van der Waals surface area contributed by atoms with Gasteiger partial charge in [0.25, 0.3) is 0 Å². The van der Waals surface area contributed by atoms with Crippen LogP contribution in [0.3, 0.4) is 0 Å². The Balaban J connectivity index is 1.82. The first-order valence-electron chi connectivity index (χ1n) is 9.03. The van der Waals surface area contributed by atoms with Crippen molar-refractivity contribution in [1.82, 2.24) is 14.6 Å². The number of aromatic amines is 2. The summed E-state index contributed by atoms with van der Waals surface area (Å²) in [6.07, 6.45) is 4.99. The minimum absolute atomic E-state index is 0.189. The molecule has 2 aromatic heterocycles. The molecule has 0 spiro atoms. The van der Waals surface area contributed by atoms with Crippen LogP contribution in [0.15, 0.2) is 49.0 Å². The zero-order chi connectivity index (χ0) is 19.3. The van der Waals surface area contributed by atoms with Gasteiger partial charge < -0.3 is 9.97 Å². The van der Waals surface area contributed by atoms with E-state index in [9.17, 15) is 9.59 Å². The molecule has 0 saturated heterocycles. The van der Waals surface area contributed by atoms with Crippen LogP contribution in [-0.2, 0) is 0 Å². The third-order valence-electron chi connectivity index (χ3n) is 5.40. The average molecular weight is 429 g/mol. The van der Waals surface area contributed by atoms with E-state index in [1.807, 2.05) is 18.2 Å². The molecule has 4 rings (SSSR count). The minimum atomic E-state index is -0.535. The Labute approximate surface area is 164 Å². The second-order valence-corrected chi connectivity index (χ2v) is 8.42. The van der Waals surface area contributed by atoms with E-state index >= 15 is 0 Å². The van der Waals surface area contributed by atoms with Crippen molar-refractivity contribution < 1.29 is 0 Å². The summed E-state index contributed by atoms with van der Waals surface area (Å²) in [6, 6.07) is 5.62. The summed E-state index contributed by atoms with van der Waals surface area (Å²) in [5.74, 6) is 0.925. The first-order valence-corrected chi connectivity index (χ1v) is 9.82. The molecule has 6 nitrogen and oxygen atoms in total. The van der Waals surface area contributed by atoms with Crippen molar-refractivity contribution in [2.24, 2.45) is 22.9 Å². The topological polar surface area (TPSA) is 83.0 Å². The third-order valence-corrected chi connectivity index (χ3v) is 5.89. The molecule has 0 aliphatic heterocycles. The molecule has 0 radical (unpaired) electrons. The van der Waals surface area contributed by atoms with Gasteiger partial charge in [0.1, 0.15) is 5.52 Å². The van der Waals surface area contributed by atoms with E-state index in [0.29, 0.717) is 22.9 Å². The number of H-pyrrole nitrogens is 2. The molecule has 0 bridgehead atoms. The van der Waals surface area contributed by atoms with E-state index in [-0.39, 0.29) is 5.92 Å². The van der Waals surface area contributed by atoms with Crippen molar-refractivity contribution in [1.29, 1.82) is 0 Å². The lowest BCUT2D eigenvalue weighted by molar-refractivity contribution is 0.361. The highest BCUT2D eigenvalue weighted by Gasteiger charge is 2.25. The van der Waals surface area contributed by atoms with Gasteiger partial charge in [-0.15, -0.1) is 4.68 Å². The summed E-state index contributed by atoms with van der Waals surface area (Å²) in [4.78, 5) is 31.3. The summed E-state index contributed by atoms with van der Waals surface area (Å²) in [5.41, 5.74) is 2.04. The van der Waals surface area contributed by atoms with Crippen LogP contribution in [0.2, 0.25) is 0 Å².